The lowest BCUT2D eigenvalue weighted by atomic mass is 9.84. The minimum Gasteiger partial charge on any atom is -0.382 e. The van der Waals surface area contributed by atoms with Crippen molar-refractivity contribution in [3.05, 3.63) is 5.82 Å². The van der Waals surface area contributed by atoms with Crippen LogP contribution in [0.3, 0.4) is 0 Å². The van der Waals surface area contributed by atoms with Crippen molar-refractivity contribution in [2.24, 2.45) is 0 Å². The molecule has 1 saturated carbocycles. The summed E-state index contributed by atoms with van der Waals surface area (Å²) in [5, 5.41) is 23.4. The molecule has 12 heavy (non-hydrogen) atoms. The summed E-state index contributed by atoms with van der Waals surface area (Å²) in [5.74, 6) is 0.516. The second-order valence-corrected chi connectivity index (χ2v) is 3.34. The van der Waals surface area contributed by atoms with E-state index >= 15 is 0 Å². The van der Waals surface area contributed by atoms with E-state index in [2.05, 4.69) is 20.6 Å². The molecule has 0 spiro atoms. The van der Waals surface area contributed by atoms with Crippen molar-refractivity contribution in [2.45, 2.75) is 37.7 Å². The molecule has 0 atom stereocenters. The minimum atomic E-state index is -0.790. The summed E-state index contributed by atoms with van der Waals surface area (Å²) in [6.45, 7) is 0. The molecule has 0 aliphatic heterocycles. The van der Waals surface area contributed by atoms with Gasteiger partial charge in [0.2, 0.25) is 0 Å². The third-order valence-electron chi connectivity index (χ3n) is 2.47. The number of hydrogen-bond acceptors (Lipinski definition) is 4. The number of H-pyrrole nitrogens is 1. The predicted molar refractivity (Wildman–Crippen MR) is 41.2 cm³/mol. The Balaban J connectivity index is 2.19. The zero-order valence-electron chi connectivity index (χ0n) is 6.82. The van der Waals surface area contributed by atoms with E-state index in [1.54, 1.807) is 0 Å². The first-order valence-corrected chi connectivity index (χ1v) is 4.28. The first kappa shape index (κ1) is 7.67. The predicted octanol–water partition coefficient (Wildman–Crippen LogP) is 0.351. The Labute approximate surface area is 70.2 Å². The van der Waals surface area contributed by atoms with Crippen LogP contribution in [0.2, 0.25) is 0 Å². The summed E-state index contributed by atoms with van der Waals surface area (Å²) in [6.07, 6.45) is 4.84. The van der Waals surface area contributed by atoms with Gasteiger partial charge in [0.15, 0.2) is 5.82 Å². The quantitative estimate of drug-likeness (QED) is 0.634. The summed E-state index contributed by atoms with van der Waals surface area (Å²) in [5.41, 5.74) is -0.790. The molecule has 0 bridgehead atoms. The molecule has 0 radical (unpaired) electrons. The highest BCUT2D eigenvalue weighted by Crippen LogP contribution is 2.34. The summed E-state index contributed by atoms with van der Waals surface area (Å²) in [6, 6.07) is 0. The number of aromatic nitrogens is 4. The smallest absolute Gasteiger partial charge is 0.180 e. The SMILES string of the molecule is OC1(c2nnn[nH]2)CCCCC1. The number of aliphatic hydroxyl groups is 1. The molecule has 0 unspecified atom stereocenters. The highest BCUT2D eigenvalue weighted by atomic mass is 16.3. The van der Waals surface area contributed by atoms with E-state index in [1.807, 2.05) is 0 Å². The molecule has 0 amide bonds. The third-order valence-corrected chi connectivity index (χ3v) is 2.47. The highest BCUT2D eigenvalue weighted by Gasteiger charge is 2.34. The van der Waals surface area contributed by atoms with Crippen LogP contribution >= 0.6 is 0 Å². The van der Waals surface area contributed by atoms with Gasteiger partial charge in [0, 0.05) is 0 Å². The Morgan fingerprint density at radius 2 is 2.00 bits per heavy atom. The Bertz CT molecular complexity index is 240. The molecule has 0 saturated heterocycles. The van der Waals surface area contributed by atoms with Gasteiger partial charge < -0.3 is 5.11 Å². The normalized spacial score (nSPS) is 22.4. The number of aromatic amines is 1. The van der Waals surface area contributed by atoms with Gasteiger partial charge in [-0.25, -0.2) is 5.10 Å². The second-order valence-electron chi connectivity index (χ2n) is 3.34. The van der Waals surface area contributed by atoms with Crippen molar-refractivity contribution in [3.63, 3.8) is 0 Å². The van der Waals surface area contributed by atoms with E-state index in [4.69, 9.17) is 0 Å². The number of rotatable bonds is 1. The van der Waals surface area contributed by atoms with Crippen molar-refractivity contribution in [3.8, 4) is 0 Å². The van der Waals surface area contributed by atoms with Crippen LogP contribution in [0.4, 0.5) is 0 Å². The Morgan fingerprint density at radius 1 is 1.25 bits per heavy atom. The third kappa shape index (κ3) is 1.20. The Kier molecular flexibility index (Phi) is 1.80. The molecular formula is C7H12N4O. The van der Waals surface area contributed by atoms with Crippen LogP contribution in [0, 0.1) is 0 Å². The van der Waals surface area contributed by atoms with Gasteiger partial charge in [0.25, 0.3) is 0 Å². The standard InChI is InChI=1S/C7H12N4O/c12-7(4-2-1-3-5-7)6-8-10-11-9-6/h12H,1-5H2,(H,8,9,10,11). The molecule has 1 aromatic rings. The minimum absolute atomic E-state index is 0.516. The molecule has 2 N–H and O–H groups in total. The maximum absolute atomic E-state index is 10.1. The molecular weight excluding hydrogens is 156 g/mol. The van der Waals surface area contributed by atoms with E-state index < -0.39 is 5.60 Å². The van der Waals surface area contributed by atoms with Crippen LogP contribution in [0.5, 0.6) is 0 Å². The van der Waals surface area contributed by atoms with Gasteiger partial charge in [-0.2, -0.15) is 0 Å². The first-order valence-electron chi connectivity index (χ1n) is 4.28. The van der Waals surface area contributed by atoms with Gasteiger partial charge >= 0.3 is 0 Å². The lowest BCUT2D eigenvalue weighted by Crippen LogP contribution is -2.29. The maximum Gasteiger partial charge on any atom is 0.180 e. The average Bonchev–Trinajstić information content (AvgIpc) is 2.58. The van der Waals surface area contributed by atoms with Crippen LogP contribution in [-0.2, 0) is 5.60 Å². The molecule has 1 aromatic heterocycles. The van der Waals surface area contributed by atoms with E-state index in [0.717, 1.165) is 25.7 Å². The maximum atomic E-state index is 10.1. The van der Waals surface area contributed by atoms with Gasteiger partial charge in [-0.3, -0.25) is 0 Å². The average molecular weight is 168 g/mol. The molecule has 1 heterocycles. The van der Waals surface area contributed by atoms with Crippen LogP contribution in [0.1, 0.15) is 37.9 Å². The zero-order chi connectivity index (χ0) is 8.44. The second kappa shape index (κ2) is 2.82. The summed E-state index contributed by atoms with van der Waals surface area (Å²) in [7, 11) is 0. The van der Waals surface area contributed by atoms with E-state index in [1.165, 1.54) is 6.42 Å². The van der Waals surface area contributed by atoms with Crippen molar-refractivity contribution >= 4 is 0 Å². The van der Waals surface area contributed by atoms with E-state index in [9.17, 15) is 5.11 Å². The highest BCUT2D eigenvalue weighted by molar-refractivity contribution is 4.98. The Hall–Kier alpha value is -0.970. The molecule has 1 aliphatic rings. The molecule has 1 fully saturated rings. The monoisotopic (exact) mass is 168 g/mol. The van der Waals surface area contributed by atoms with Crippen molar-refractivity contribution in [1.82, 2.24) is 20.6 Å². The first-order chi connectivity index (χ1) is 5.81. The van der Waals surface area contributed by atoms with E-state index in [-0.39, 0.29) is 0 Å². The summed E-state index contributed by atoms with van der Waals surface area (Å²) in [4.78, 5) is 0. The van der Waals surface area contributed by atoms with Crippen molar-refractivity contribution in [1.29, 1.82) is 0 Å². The molecule has 5 heteroatoms. The number of tetrazole rings is 1. The van der Waals surface area contributed by atoms with Gasteiger partial charge in [-0.15, -0.1) is 5.10 Å². The zero-order valence-corrected chi connectivity index (χ0v) is 6.82. The number of nitrogens with one attached hydrogen (secondary N) is 1. The van der Waals surface area contributed by atoms with Crippen LogP contribution in [0.15, 0.2) is 0 Å². The van der Waals surface area contributed by atoms with Gasteiger partial charge in [0.05, 0.1) is 0 Å². The van der Waals surface area contributed by atoms with Gasteiger partial charge in [0.1, 0.15) is 5.60 Å². The van der Waals surface area contributed by atoms with E-state index in [0.29, 0.717) is 5.82 Å². The summed E-state index contributed by atoms with van der Waals surface area (Å²) >= 11 is 0. The van der Waals surface area contributed by atoms with Crippen molar-refractivity contribution in [2.75, 3.05) is 0 Å². The van der Waals surface area contributed by atoms with Gasteiger partial charge in [-0.05, 0) is 23.3 Å². The number of hydrogen-bond donors (Lipinski definition) is 2. The molecule has 1 aliphatic carbocycles. The summed E-state index contributed by atoms with van der Waals surface area (Å²) < 4.78 is 0. The topological polar surface area (TPSA) is 74.7 Å². The fraction of sp³-hybridized carbons (Fsp3) is 0.857. The van der Waals surface area contributed by atoms with Crippen LogP contribution in [0.25, 0.3) is 0 Å². The molecule has 66 valence electrons. The van der Waals surface area contributed by atoms with Crippen LogP contribution < -0.4 is 0 Å². The molecule has 5 nitrogen and oxygen atoms in total. The molecule has 0 aromatic carbocycles. The molecule has 2 rings (SSSR count). The fourth-order valence-electron chi connectivity index (χ4n) is 1.73. The lowest BCUT2D eigenvalue weighted by molar-refractivity contribution is -0.00889. The van der Waals surface area contributed by atoms with Crippen molar-refractivity contribution < 1.29 is 5.11 Å². The van der Waals surface area contributed by atoms with Gasteiger partial charge in [-0.1, -0.05) is 19.3 Å². The lowest BCUT2D eigenvalue weighted by Gasteiger charge is -2.28. The van der Waals surface area contributed by atoms with Crippen LogP contribution in [-0.4, -0.2) is 25.7 Å². The fourth-order valence-corrected chi connectivity index (χ4v) is 1.73. The number of nitrogens with zero attached hydrogens (tertiary/aromatic N) is 3. The largest absolute Gasteiger partial charge is 0.382 e. The Morgan fingerprint density at radius 3 is 2.58 bits per heavy atom.